The van der Waals surface area contributed by atoms with Gasteiger partial charge in [0.1, 0.15) is 8.64 Å². The SMILES string of the molecule is CC(C)CN(CC(C)C)C(=S)SC(=S)N(CC(C)C)CC(C)C. The average molecular weight is 377 g/mol. The molecule has 0 spiro atoms. The van der Waals surface area contributed by atoms with Gasteiger partial charge < -0.3 is 9.80 Å². The van der Waals surface area contributed by atoms with Crippen molar-refractivity contribution >= 4 is 44.8 Å². The lowest BCUT2D eigenvalue weighted by Crippen LogP contribution is -2.38. The molecule has 0 aromatic rings. The van der Waals surface area contributed by atoms with Crippen molar-refractivity contribution in [2.75, 3.05) is 26.2 Å². The summed E-state index contributed by atoms with van der Waals surface area (Å²) >= 11 is 13.0. The van der Waals surface area contributed by atoms with Crippen LogP contribution in [0.4, 0.5) is 0 Å². The molecule has 0 atom stereocenters. The second kappa shape index (κ2) is 11.6. The van der Waals surface area contributed by atoms with E-state index in [1.54, 1.807) is 11.8 Å². The summed E-state index contributed by atoms with van der Waals surface area (Å²) in [5, 5.41) is 0. The minimum Gasteiger partial charge on any atom is -0.357 e. The summed E-state index contributed by atoms with van der Waals surface area (Å²) in [6, 6.07) is 0. The van der Waals surface area contributed by atoms with Gasteiger partial charge in [-0.1, -0.05) is 79.8 Å². The Morgan fingerprint density at radius 3 is 1.00 bits per heavy atom. The van der Waals surface area contributed by atoms with E-state index in [9.17, 15) is 0 Å². The standard InChI is InChI=1S/C18H36N2S3/c1-13(2)9-19(10-14(3)4)17(21)23-18(22)20(11-15(5)6)12-16(7)8/h13-16H,9-12H2,1-8H3. The zero-order valence-corrected chi connectivity index (χ0v) is 18.7. The molecule has 0 amide bonds. The van der Waals surface area contributed by atoms with E-state index in [2.05, 4.69) is 65.2 Å². The Kier molecular flexibility index (Phi) is 11.7. The molecular weight excluding hydrogens is 340 g/mol. The fraction of sp³-hybridized carbons (Fsp3) is 0.889. The molecule has 0 radical (unpaired) electrons. The number of rotatable bonds is 8. The van der Waals surface area contributed by atoms with Crippen LogP contribution >= 0.6 is 36.2 Å². The van der Waals surface area contributed by atoms with E-state index < -0.39 is 0 Å². The topological polar surface area (TPSA) is 6.48 Å². The van der Waals surface area contributed by atoms with E-state index in [1.807, 2.05) is 0 Å². The summed E-state index contributed by atoms with van der Waals surface area (Å²) in [4.78, 5) is 4.65. The second-order valence-electron chi connectivity index (χ2n) is 8.02. The number of thioether (sulfide) groups is 1. The van der Waals surface area contributed by atoms with Crippen molar-refractivity contribution in [1.29, 1.82) is 0 Å². The second-order valence-corrected chi connectivity index (χ2v) is 10.3. The number of nitrogens with zero attached hydrogens (tertiary/aromatic N) is 2. The summed E-state index contributed by atoms with van der Waals surface area (Å²) in [5.74, 6) is 2.40. The van der Waals surface area contributed by atoms with Crippen LogP contribution < -0.4 is 0 Å². The molecule has 0 fully saturated rings. The van der Waals surface area contributed by atoms with E-state index in [4.69, 9.17) is 24.4 Å². The lowest BCUT2D eigenvalue weighted by Gasteiger charge is -2.32. The molecule has 0 bridgehead atoms. The highest BCUT2D eigenvalue weighted by atomic mass is 32.2. The average Bonchev–Trinajstić information content (AvgIpc) is 2.34. The van der Waals surface area contributed by atoms with E-state index >= 15 is 0 Å². The Labute approximate surface area is 159 Å². The maximum absolute atomic E-state index is 5.71. The van der Waals surface area contributed by atoms with Gasteiger partial charge in [0.2, 0.25) is 0 Å². The van der Waals surface area contributed by atoms with Gasteiger partial charge >= 0.3 is 0 Å². The zero-order valence-electron chi connectivity index (χ0n) is 16.3. The van der Waals surface area contributed by atoms with Crippen molar-refractivity contribution in [3.63, 3.8) is 0 Å². The molecular formula is C18H36N2S3. The summed E-state index contributed by atoms with van der Waals surface area (Å²) in [7, 11) is 0. The Bertz CT molecular complexity index is 311. The molecule has 0 aliphatic rings. The quantitative estimate of drug-likeness (QED) is 0.513. The third-order valence-corrected chi connectivity index (χ3v) is 4.92. The van der Waals surface area contributed by atoms with Crippen LogP contribution in [-0.2, 0) is 0 Å². The highest BCUT2D eigenvalue weighted by Crippen LogP contribution is 2.19. The molecule has 0 heterocycles. The zero-order chi connectivity index (χ0) is 18.2. The lowest BCUT2D eigenvalue weighted by molar-refractivity contribution is 0.335. The van der Waals surface area contributed by atoms with Crippen molar-refractivity contribution in [3.8, 4) is 0 Å². The highest BCUT2D eigenvalue weighted by molar-refractivity contribution is 8.37. The van der Waals surface area contributed by atoms with Crippen LogP contribution in [0.25, 0.3) is 0 Å². The van der Waals surface area contributed by atoms with Gasteiger partial charge in [0.25, 0.3) is 0 Å². The van der Waals surface area contributed by atoms with E-state index in [1.165, 1.54) is 0 Å². The Hall–Kier alpha value is 0.130. The smallest absolute Gasteiger partial charge is 0.143 e. The van der Waals surface area contributed by atoms with Gasteiger partial charge in [0, 0.05) is 26.2 Å². The molecule has 0 unspecified atom stereocenters. The van der Waals surface area contributed by atoms with Gasteiger partial charge in [-0.15, -0.1) is 0 Å². The Morgan fingerprint density at radius 1 is 0.609 bits per heavy atom. The van der Waals surface area contributed by atoms with Gasteiger partial charge in [-0.05, 0) is 35.4 Å². The van der Waals surface area contributed by atoms with Crippen molar-refractivity contribution < 1.29 is 0 Å². The molecule has 0 aromatic carbocycles. The van der Waals surface area contributed by atoms with Gasteiger partial charge in [0.15, 0.2) is 0 Å². The largest absolute Gasteiger partial charge is 0.357 e. The maximum atomic E-state index is 5.71. The molecule has 0 N–H and O–H groups in total. The molecule has 0 saturated heterocycles. The summed E-state index contributed by atoms with van der Waals surface area (Å²) in [5.41, 5.74) is 0. The molecule has 0 aliphatic carbocycles. The van der Waals surface area contributed by atoms with Gasteiger partial charge in [-0.3, -0.25) is 0 Å². The van der Waals surface area contributed by atoms with Crippen LogP contribution in [0.1, 0.15) is 55.4 Å². The minimum atomic E-state index is 0.600. The van der Waals surface area contributed by atoms with Crippen LogP contribution in [0.2, 0.25) is 0 Å². The van der Waals surface area contributed by atoms with Gasteiger partial charge in [-0.25, -0.2) is 0 Å². The van der Waals surface area contributed by atoms with Gasteiger partial charge in [-0.2, -0.15) is 0 Å². The van der Waals surface area contributed by atoms with Crippen LogP contribution in [-0.4, -0.2) is 44.6 Å². The predicted molar refractivity (Wildman–Crippen MR) is 115 cm³/mol. The molecule has 0 rings (SSSR count). The molecule has 5 heteroatoms. The van der Waals surface area contributed by atoms with Crippen LogP contribution in [0.5, 0.6) is 0 Å². The predicted octanol–water partition coefficient (Wildman–Crippen LogP) is 5.52. The third-order valence-electron chi connectivity index (χ3n) is 3.03. The number of hydrogen-bond donors (Lipinski definition) is 0. The fourth-order valence-electron chi connectivity index (χ4n) is 2.41. The highest BCUT2D eigenvalue weighted by Gasteiger charge is 2.19. The van der Waals surface area contributed by atoms with Crippen molar-refractivity contribution in [3.05, 3.63) is 0 Å². The van der Waals surface area contributed by atoms with E-state index in [-0.39, 0.29) is 0 Å². The van der Waals surface area contributed by atoms with Crippen molar-refractivity contribution in [1.82, 2.24) is 9.80 Å². The normalized spacial score (nSPS) is 11.7. The van der Waals surface area contributed by atoms with Crippen molar-refractivity contribution in [2.45, 2.75) is 55.4 Å². The molecule has 136 valence electrons. The monoisotopic (exact) mass is 376 g/mol. The van der Waals surface area contributed by atoms with Crippen molar-refractivity contribution in [2.24, 2.45) is 23.7 Å². The third kappa shape index (κ3) is 11.3. The van der Waals surface area contributed by atoms with Crippen LogP contribution in [0.15, 0.2) is 0 Å². The first-order chi connectivity index (χ1) is 10.5. The summed E-state index contributed by atoms with van der Waals surface area (Å²) < 4.78 is 1.85. The first-order valence-corrected chi connectivity index (χ1v) is 10.4. The molecule has 0 saturated carbocycles. The van der Waals surface area contributed by atoms with Gasteiger partial charge in [0.05, 0.1) is 0 Å². The Morgan fingerprint density at radius 2 is 0.826 bits per heavy atom. The summed E-state index contributed by atoms with van der Waals surface area (Å²) in [6.07, 6.45) is 0. The molecule has 2 nitrogen and oxygen atoms in total. The van der Waals surface area contributed by atoms with Crippen LogP contribution in [0.3, 0.4) is 0 Å². The minimum absolute atomic E-state index is 0.600. The summed E-state index contributed by atoms with van der Waals surface area (Å²) in [6.45, 7) is 21.9. The van der Waals surface area contributed by atoms with E-state index in [0.717, 1.165) is 34.8 Å². The first kappa shape index (κ1) is 23.1. The number of thiocarbonyl (C=S) groups is 2. The first-order valence-electron chi connectivity index (χ1n) is 8.78. The maximum Gasteiger partial charge on any atom is 0.143 e. The molecule has 0 aromatic heterocycles. The lowest BCUT2D eigenvalue weighted by atomic mass is 10.1. The van der Waals surface area contributed by atoms with E-state index in [0.29, 0.717) is 23.7 Å². The number of hydrogen-bond acceptors (Lipinski definition) is 3. The molecule has 0 aliphatic heterocycles. The van der Waals surface area contributed by atoms with Crippen LogP contribution in [0, 0.1) is 23.7 Å². The Balaban J connectivity index is 4.86. The fourth-order valence-corrected chi connectivity index (χ4v) is 4.05. The molecule has 23 heavy (non-hydrogen) atoms.